The zero-order valence-electron chi connectivity index (χ0n) is 20.5. The van der Waals surface area contributed by atoms with E-state index in [9.17, 15) is 28.4 Å². The summed E-state index contributed by atoms with van der Waals surface area (Å²) in [4.78, 5) is 40.5. The molecule has 2 N–H and O–H groups in total. The fourth-order valence-corrected chi connectivity index (χ4v) is 5.38. The van der Waals surface area contributed by atoms with Gasteiger partial charge in [0, 0.05) is 43.9 Å². The van der Waals surface area contributed by atoms with Crippen molar-refractivity contribution in [1.29, 1.82) is 5.26 Å². The van der Waals surface area contributed by atoms with Gasteiger partial charge in [-0.1, -0.05) is 19.9 Å². The van der Waals surface area contributed by atoms with Crippen LogP contribution in [0.1, 0.15) is 33.6 Å². The highest BCUT2D eigenvalue weighted by atomic mass is 32.2. The average molecular weight is 510 g/mol. The molecule has 192 valence electrons. The first-order chi connectivity index (χ1) is 16.6. The van der Waals surface area contributed by atoms with Crippen LogP contribution in [-0.2, 0) is 14.4 Å². The van der Waals surface area contributed by atoms with E-state index in [-0.39, 0.29) is 34.8 Å². The summed E-state index contributed by atoms with van der Waals surface area (Å²) < 4.78 is 24.8. The van der Waals surface area contributed by atoms with Crippen molar-refractivity contribution in [3.05, 3.63) is 24.3 Å². The van der Waals surface area contributed by atoms with Gasteiger partial charge in [-0.05, 0) is 31.5 Å². The SMILES string of the molecule is CCN1C(=O)C(CCNc2cccc(N(C)C(=O)C(C)C)c2)SC1CC(C#N)C(=O)NCC(F)F. The van der Waals surface area contributed by atoms with Crippen molar-refractivity contribution in [3.63, 3.8) is 0 Å². The molecule has 35 heavy (non-hydrogen) atoms. The summed E-state index contributed by atoms with van der Waals surface area (Å²) in [6.45, 7) is 5.65. The molecule has 0 bridgehead atoms. The Hall–Kier alpha value is -2.87. The van der Waals surface area contributed by atoms with Gasteiger partial charge >= 0.3 is 0 Å². The van der Waals surface area contributed by atoms with Crippen molar-refractivity contribution < 1.29 is 23.2 Å². The number of nitrogens with zero attached hydrogens (tertiary/aromatic N) is 3. The summed E-state index contributed by atoms with van der Waals surface area (Å²) in [5.41, 5.74) is 1.59. The van der Waals surface area contributed by atoms with Crippen LogP contribution in [0, 0.1) is 23.2 Å². The Kier molecular flexibility index (Phi) is 10.8. The van der Waals surface area contributed by atoms with E-state index in [1.54, 1.807) is 16.8 Å². The number of hydrogen-bond acceptors (Lipinski definition) is 6. The Morgan fingerprint density at radius 1 is 1.31 bits per heavy atom. The normalized spacial score (nSPS) is 18.5. The topological polar surface area (TPSA) is 106 Å². The van der Waals surface area contributed by atoms with Crippen LogP contribution in [0.2, 0.25) is 0 Å². The molecule has 1 aliphatic heterocycles. The van der Waals surface area contributed by atoms with Gasteiger partial charge in [-0.15, -0.1) is 11.8 Å². The van der Waals surface area contributed by atoms with E-state index in [0.717, 1.165) is 11.4 Å². The van der Waals surface area contributed by atoms with Crippen LogP contribution in [0.25, 0.3) is 0 Å². The number of carbonyl (C=O) groups excluding carboxylic acids is 3. The highest BCUT2D eigenvalue weighted by molar-refractivity contribution is 8.01. The third-order valence-electron chi connectivity index (χ3n) is 5.70. The van der Waals surface area contributed by atoms with Crippen LogP contribution < -0.4 is 15.5 Å². The number of anilines is 2. The second-order valence-corrected chi connectivity index (χ2v) is 9.96. The van der Waals surface area contributed by atoms with Crippen molar-refractivity contribution in [3.8, 4) is 6.07 Å². The van der Waals surface area contributed by atoms with E-state index in [2.05, 4.69) is 10.6 Å². The molecule has 0 aliphatic carbocycles. The molecular formula is C24H33F2N5O3S. The summed E-state index contributed by atoms with van der Waals surface area (Å²) >= 11 is 1.39. The lowest BCUT2D eigenvalue weighted by Crippen LogP contribution is -2.39. The molecule has 2 rings (SSSR count). The van der Waals surface area contributed by atoms with Gasteiger partial charge in [0.05, 0.1) is 23.2 Å². The summed E-state index contributed by atoms with van der Waals surface area (Å²) in [5, 5.41) is 14.0. The molecule has 0 aromatic heterocycles. The Morgan fingerprint density at radius 2 is 2.03 bits per heavy atom. The number of thioether (sulfide) groups is 1. The Balaban J connectivity index is 1.95. The fraction of sp³-hybridized carbons (Fsp3) is 0.583. The van der Waals surface area contributed by atoms with Crippen LogP contribution in [0.15, 0.2) is 24.3 Å². The van der Waals surface area contributed by atoms with Crippen molar-refractivity contribution in [2.75, 3.05) is 36.9 Å². The zero-order chi connectivity index (χ0) is 26.1. The molecule has 3 unspecified atom stereocenters. The number of nitriles is 1. The maximum Gasteiger partial charge on any atom is 0.255 e. The van der Waals surface area contributed by atoms with Crippen LogP contribution in [0.4, 0.5) is 20.2 Å². The summed E-state index contributed by atoms with van der Waals surface area (Å²) in [6.07, 6.45) is -2.09. The zero-order valence-corrected chi connectivity index (χ0v) is 21.3. The van der Waals surface area contributed by atoms with Crippen LogP contribution in [0.5, 0.6) is 0 Å². The Morgan fingerprint density at radius 3 is 2.63 bits per heavy atom. The Bertz CT molecular complexity index is 940. The number of carbonyl (C=O) groups is 3. The quantitative estimate of drug-likeness (QED) is 0.448. The van der Waals surface area contributed by atoms with E-state index >= 15 is 0 Å². The van der Waals surface area contributed by atoms with E-state index in [1.165, 1.54) is 11.8 Å². The minimum absolute atomic E-state index is 0.0133. The van der Waals surface area contributed by atoms with Gasteiger partial charge in [-0.25, -0.2) is 8.78 Å². The molecule has 3 atom stereocenters. The number of rotatable bonds is 12. The summed E-state index contributed by atoms with van der Waals surface area (Å²) in [5.74, 6) is -2.03. The molecule has 1 aromatic rings. The standard InChI is InChI=1S/C24H33F2N5O3S/c1-5-31-21(11-16(13-27)22(32)29-14-20(25)26)35-19(24(31)34)9-10-28-17-7-6-8-18(12-17)30(4)23(33)15(2)3/h6-8,12,15-16,19-21,28H,5,9-11,14H2,1-4H3,(H,29,32). The predicted octanol–water partition coefficient (Wildman–Crippen LogP) is 3.31. The predicted molar refractivity (Wildman–Crippen MR) is 133 cm³/mol. The van der Waals surface area contributed by atoms with Gasteiger partial charge in [0.2, 0.25) is 17.7 Å². The lowest BCUT2D eigenvalue weighted by Gasteiger charge is -2.23. The molecule has 3 amide bonds. The number of nitrogens with one attached hydrogen (secondary N) is 2. The molecule has 0 saturated carbocycles. The van der Waals surface area contributed by atoms with E-state index in [1.807, 2.05) is 51.1 Å². The largest absolute Gasteiger partial charge is 0.385 e. The monoisotopic (exact) mass is 509 g/mol. The molecule has 1 fully saturated rings. The summed E-state index contributed by atoms with van der Waals surface area (Å²) in [6, 6.07) is 9.34. The second-order valence-electron chi connectivity index (χ2n) is 8.57. The number of benzene rings is 1. The minimum atomic E-state index is -2.69. The van der Waals surface area contributed by atoms with E-state index in [0.29, 0.717) is 19.5 Å². The van der Waals surface area contributed by atoms with Crippen LogP contribution in [0.3, 0.4) is 0 Å². The van der Waals surface area contributed by atoms with Gasteiger partial charge in [-0.3, -0.25) is 14.4 Å². The molecule has 8 nitrogen and oxygen atoms in total. The number of halogens is 2. The third-order valence-corrected chi connectivity index (χ3v) is 7.23. The summed E-state index contributed by atoms with van der Waals surface area (Å²) in [7, 11) is 1.73. The van der Waals surface area contributed by atoms with Gasteiger partial charge in [0.15, 0.2) is 0 Å². The van der Waals surface area contributed by atoms with Crippen LogP contribution in [-0.4, -0.2) is 66.4 Å². The lowest BCUT2D eigenvalue weighted by molar-refractivity contribution is -0.131. The van der Waals surface area contributed by atoms with Crippen molar-refractivity contribution in [2.45, 2.75) is 50.7 Å². The highest BCUT2D eigenvalue weighted by Gasteiger charge is 2.40. The van der Waals surface area contributed by atoms with Gasteiger partial charge in [0.25, 0.3) is 6.43 Å². The number of alkyl halides is 2. The molecule has 0 radical (unpaired) electrons. The van der Waals surface area contributed by atoms with Gasteiger partial charge in [-0.2, -0.15) is 5.26 Å². The molecule has 1 heterocycles. The van der Waals surface area contributed by atoms with Crippen molar-refractivity contribution in [1.82, 2.24) is 10.2 Å². The Labute approximate surface area is 209 Å². The molecule has 1 aromatic carbocycles. The molecule has 1 aliphatic rings. The van der Waals surface area contributed by atoms with E-state index in [4.69, 9.17) is 0 Å². The van der Waals surface area contributed by atoms with Gasteiger partial charge in [0.1, 0.15) is 5.92 Å². The highest BCUT2D eigenvalue weighted by Crippen LogP contribution is 2.37. The fourth-order valence-electron chi connectivity index (χ4n) is 3.79. The molecule has 1 saturated heterocycles. The van der Waals surface area contributed by atoms with Gasteiger partial charge < -0.3 is 20.4 Å². The first-order valence-corrected chi connectivity index (χ1v) is 12.6. The van der Waals surface area contributed by atoms with Crippen molar-refractivity contribution >= 4 is 40.9 Å². The smallest absolute Gasteiger partial charge is 0.255 e. The first-order valence-electron chi connectivity index (χ1n) is 11.6. The maximum atomic E-state index is 12.9. The molecular weight excluding hydrogens is 476 g/mol. The molecule has 11 heteroatoms. The first kappa shape index (κ1) is 28.4. The molecule has 0 spiro atoms. The maximum absolute atomic E-state index is 12.9. The number of amides is 3. The van der Waals surface area contributed by atoms with Crippen molar-refractivity contribution in [2.24, 2.45) is 11.8 Å². The second kappa shape index (κ2) is 13.3. The average Bonchev–Trinajstić information content (AvgIpc) is 3.13. The lowest BCUT2D eigenvalue weighted by atomic mass is 10.1. The van der Waals surface area contributed by atoms with Crippen LogP contribution >= 0.6 is 11.8 Å². The van der Waals surface area contributed by atoms with E-state index < -0.39 is 24.8 Å². The number of hydrogen-bond donors (Lipinski definition) is 2. The minimum Gasteiger partial charge on any atom is -0.385 e. The third kappa shape index (κ3) is 7.82.